The van der Waals surface area contributed by atoms with E-state index in [9.17, 15) is 14.7 Å². The second-order valence-corrected chi connectivity index (χ2v) is 7.14. The zero-order valence-corrected chi connectivity index (χ0v) is 14.3. The van der Waals surface area contributed by atoms with Crippen molar-refractivity contribution in [2.75, 3.05) is 5.73 Å². The third-order valence-corrected chi connectivity index (χ3v) is 3.64. The molecule has 1 aromatic rings. The minimum atomic E-state index is -1.15. The zero-order valence-electron chi connectivity index (χ0n) is 13.5. The first kappa shape index (κ1) is 18.9. The molecular weight excluding hydrogens is 316 g/mol. The van der Waals surface area contributed by atoms with Crippen molar-refractivity contribution in [2.24, 2.45) is 0 Å². The molecular formula is C16H22N2O4S. The number of carbonyl (C=O) groups is 2. The Balaban J connectivity index is 2.65. The summed E-state index contributed by atoms with van der Waals surface area (Å²) in [7, 11) is 0. The number of carboxylic acid groups (broad SMARTS) is 1. The number of anilines is 1. The fourth-order valence-electron chi connectivity index (χ4n) is 1.65. The van der Waals surface area contributed by atoms with Gasteiger partial charge in [0.25, 0.3) is 0 Å². The topological polar surface area (TPSA) is 102 Å². The predicted octanol–water partition coefficient (Wildman–Crippen LogP) is 3.24. The molecule has 0 bridgehead atoms. The molecule has 1 aromatic carbocycles. The van der Waals surface area contributed by atoms with Crippen molar-refractivity contribution in [3.8, 4) is 0 Å². The van der Waals surface area contributed by atoms with Crippen LogP contribution in [0.25, 0.3) is 0 Å². The third kappa shape index (κ3) is 7.10. The van der Waals surface area contributed by atoms with E-state index in [0.29, 0.717) is 10.6 Å². The van der Waals surface area contributed by atoms with E-state index in [1.165, 1.54) is 11.8 Å². The molecule has 0 radical (unpaired) electrons. The zero-order chi connectivity index (χ0) is 17.6. The lowest BCUT2D eigenvalue weighted by molar-refractivity contribution is -0.139. The number of nitrogens with one attached hydrogen (secondary N) is 1. The van der Waals surface area contributed by atoms with Gasteiger partial charge in [0.05, 0.1) is 0 Å². The second kappa shape index (κ2) is 7.92. The van der Waals surface area contributed by atoms with Crippen LogP contribution >= 0.6 is 11.8 Å². The van der Waals surface area contributed by atoms with Crippen LogP contribution in [-0.4, -0.2) is 28.8 Å². The third-order valence-electron chi connectivity index (χ3n) is 2.59. The van der Waals surface area contributed by atoms with Crippen LogP contribution < -0.4 is 11.1 Å². The number of ether oxygens (including phenoxy) is 1. The number of carboxylic acids is 1. The molecule has 0 heterocycles. The Morgan fingerprint density at radius 3 is 2.52 bits per heavy atom. The standard InChI is InChI=1S/C16H22N2O4S/c1-10(23-13-8-6-5-7-11(13)17)9-12(14(19)20)18-15(21)22-16(2,3)4/h5-8,12H,1,9,17H2,2-4H3,(H,18,21)(H,19,20). The largest absolute Gasteiger partial charge is 0.480 e. The van der Waals surface area contributed by atoms with Crippen LogP contribution in [0.2, 0.25) is 0 Å². The Kier molecular flexibility index (Phi) is 6.50. The Morgan fingerprint density at radius 1 is 1.39 bits per heavy atom. The first-order chi connectivity index (χ1) is 10.6. The lowest BCUT2D eigenvalue weighted by atomic mass is 10.2. The van der Waals surface area contributed by atoms with Gasteiger partial charge in [-0.3, -0.25) is 0 Å². The van der Waals surface area contributed by atoms with Crippen molar-refractivity contribution in [3.63, 3.8) is 0 Å². The molecule has 23 heavy (non-hydrogen) atoms. The normalized spacial score (nSPS) is 12.3. The molecule has 0 aromatic heterocycles. The Bertz CT molecular complexity index is 596. The maximum Gasteiger partial charge on any atom is 0.408 e. The number of nitrogens with two attached hydrogens (primary N) is 1. The lowest BCUT2D eigenvalue weighted by Crippen LogP contribution is -2.43. The van der Waals surface area contributed by atoms with Crippen LogP contribution in [0.5, 0.6) is 0 Å². The summed E-state index contributed by atoms with van der Waals surface area (Å²) in [5, 5.41) is 11.6. The quantitative estimate of drug-likeness (QED) is 0.544. The molecule has 1 amide bonds. The summed E-state index contributed by atoms with van der Waals surface area (Å²) < 4.78 is 5.07. The summed E-state index contributed by atoms with van der Waals surface area (Å²) in [6, 6.07) is 6.10. The van der Waals surface area contributed by atoms with Gasteiger partial charge < -0.3 is 20.9 Å². The van der Waals surface area contributed by atoms with Gasteiger partial charge in [0.15, 0.2) is 0 Å². The van der Waals surface area contributed by atoms with Gasteiger partial charge in [-0.2, -0.15) is 0 Å². The number of thioether (sulfide) groups is 1. The molecule has 0 fully saturated rings. The summed E-state index contributed by atoms with van der Waals surface area (Å²) in [6.07, 6.45) is -0.713. The fraction of sp³-hybridized carbons (Fsp3) is 0.375. The fourth-order valence-corrected chi connectivity index (χ4v) is 2.54. The van der Waals surface area contributed by atoms with E-state index in [1.807, 2.05) is 18.2 Å². The predicted molar refractivity (Wildman–Crippen MR) is 91.3 cm³/mol. The van der Waals surface area contributed by atoms with Gasteiger partial charge in [0, 0.05) is 17.0 Å². The molecule has 0 saturated heterocycles. The SMILES string of the molecule is C=C(CC(NC(=O)OC(C)(C)C)C(=O)O)Sc1ccccc1N. The lowest BCUT2D eigenvalue weighted by Gasteiger charge is -2.22. The van der Waals surface area contributed by atoms with E-state index >= 15 is 0 Å². The van der Waals surface area contributed by atoms with Crippen LogP contribution in [0.1, 0.15) is 27.2 Å². The summed E-state index contributed by atoms with van der Waals surface area (Å²) in [4.78, 5) is 24.4. The molecule has 0 aliphatic rings. The highest BCUT2D eigenvalue weighted by atomic mass is 32.2. The number of hydrogen-bond acceptors (Lipinski definition) is 5. The van der Waals surface area contributed by atoms with Gasteiger partial charge in [-0.05, 0) is 37.8 Å². The summed E-state index contributed by atoms with van der Waals surface area (Å²) in [5.41, 5.74) is 5.73. The van der Waals surface area contributed by atoms with E-state index < -0.39 is 23.7 Å². The Morgan fingerprint density at radius 2 is 2.00 bits per heavy atom. The number of hydrogen-bond donors (Lipinski definition) is 3. The highest BCUT2D eigenvalue weighted by Gasteiger charge is 2.24. The van der Waals surface area contributed by atoms with Crippen LogP contribution in [0.15, 0.2) is 40.6 Å². The number of benzene rings is 1. The Labute approximate surface area is 140 Å². The van der Waals surface area contributed by atoms with Crippen molar-refractivity contribution in [2.45, 2.75) is 43.7 Å². The number of amides is 1. The van der Waals surface area contributed by atoms with Gasteiger partial charge >= 0.3 is 12.1 Å². The number of aliphatic carboxylic acids is 1. The Hall–Kier alpha value is -2.15. The maximum absolute atomic E-state index is 11.7. The molecule has 1 atom stereocenters. The first-order valence-electron chi connectivity index (χ1n) is 7.01. The molecule has 4 N–H and O–H groups in total. The number of alkyl carbamates (subject to hydrolysis) is 1. The summed E-state index contributed by atoms with van der Waals surface area (Å²) in [5.74, 6) is -1.15. The monoisotopic (exact) mass is 338 g/mol. The molecule has 6 nitrogen and oxygen atoms in total. The van der Waals surface area contributed by atoms with E-state index in [0.717, 1.165) is 4.90 Å². The number of carbonyl (C=O) groups excluding carboxylic acids is 1. The van der Waals surface area contributed by atoms with Crippen LogP contribution in [0.3, 0.4) is 0 Å². The summed E-state index contributed by atoms with van der Waals surface area (Å²) >= 11 is 1.28. The smallest absolute Gasteiger partial charge is 0.408 e. The molecule has 7 heteroatoms. The summed E-state index contributed by atoms with van der Waals surface area (Å²) in [6.45, 7) is 8.96. The first-order valence-corrected chi connectivity index (χ1v) is 7.82. The number of para-hydroxylation sites is 1. The second-order valence-electron chi connectivity index (χ2n) is 5.92. The van der Waals surface area contributed by atoms with Crippen molar-refractivity contribution in [3.05, 3.63) is 35.7 Å². The van der Waals surface area contributed by atoms with Gasteiger partial charge in [-0.1, -0.05) is 30.5 Å². The minimum absolute atomic E-state index is 0.0631. The van der Waals surface area contributed by atoms with Gasteiger partial charge in [0.2, 0.25) is 0 Å². The molecule has 0 saturated carbocycles. The minimum Gasteiger partial charge on any atom is -0.480 e. The maximum atomic E-state index is 11.7. The molecule has 1 unspecified atom stereocenters. The van der Waals surface area contributed by atoms with Gasteiger partial charge in [-0.15, -0.1) is 0 Å². The van der Waals surface area contributed by atoms with Crippen molar-refractivity contribution in [1.29, 1.82) is 0 Å². The van der Waals surface area contributed by atoms with Crippen LogP contribution in [0.4, 0.5) is 10.5 Å². The molecule has 0 aliphatic carbocycles. The van der Waals surface area contributed by atoms with Crippen molar-refractivity contribution >= 4 is 29.5 Å². The average Bonchev–Trinajstić information content (AvgIpc) is 2.38. The molecule has 0 spiro atoms. The van der Waals surface area contributed by atoms with E-state index in [4.69, 9.17) is 10.5 Å². The molecule has 1 rings (SSSR count). The molecule has 0 aliphatic heterocycles. The number of nitrogen functional groups attached to an aromatic ring is 1. The van der Waals surface area contributed by atoms with Gasteiger partial charge in [-0.25, -0.2) is 9.59 Å². The highest BCUT2D eigenvalue weighted by molar-refractivity contribution is 8.03. The number of rotatable bonds is 6. The highest BCUT2D eigenvalue weighted by Crippen LogP contribution is 2.32. The van der Waals surface area contributed by atoms with E-state index in [1.54, 1.807) is 26.8 Å². The molecule has 126 valence electrons. The van der Waals surface area contributed by atoms with Crippen molar-refractivity contribution in [1.82, 2.24) is 5.32 Å². The van der Waals surface area contributed by atoms with Crippen LogP contribution in [-0.2, 0) is 9.53 Å². The van der Waals surface area contributed by atoms with Crippen molar-refractivity contribution < 1.29 is 19.4 Å². The average molecular weight is 338 g/mol. The van der Waals surface area contributed by atoms with E-state index in [2.05, 4.69) is 11.9 Å². The van der Waals surface area contributed by atoms with E-state index in [-0.39, 0.29) is 6.42 Å². The van der Waals surface area contributed by atoms with Crippen LogP contribution in [0, 0.1) is 0 Å². The van der Waals surface area contributed by atoms with Gasteiger partial charge in [0.1, 0.15) is 11.6 Å².